The van der Waals surface area contributed by atoms with Gasteiger partial charge in [0.25, 0.3) is 0 Å². The second-order valence-corrected chi connectivity index (χ2v) is 8.80. The number of rotatable bonds is 3. The molecule has 3 atom stereocenters. The van der Waals surface area contributed by atoms with E-state index < -0.39 is 0 Å². The third-order valence-electron chi connectivity index (χ3n) is 7.19. The highest BCUT2D eigenvalue weighted by atomic mass is 16.5. The van der Waals surface area contributed by atoms with Gasteiger partial charge in [0.1, 0.15) is 0 Å². The molecule has 2 saturated carbocycles. The Kier molecular flexibility index (Phi) is 2.91. The van der Waals surface area contributed by atoms with E-state index in [1.54, 1.807) is 0 Å². The monoisotopic (exact) mass is 265 g/mol. The number of nitrogens with one attached hydrogen (secondary N) is 1. The van der Waals surface area contributed by atoms with Crippen LogP contribution in [0.1, 0.15) is 54.4 Å². The van der Waals surface area contributed by atoms with Gasteiger partial charge >= 0.3 is 0 Å². The summed E-state index contributed by atoms with van der Waals surface area (Å²) >= 11 is 0. The Bertz CT molecular complexity index is 357. The van der Waals surface area contributed by atoms with E-state index in [1.807, 2.05) is 0 Å². The van der Waals surface area contributed by atoms with Crippen molar-refractivity contribution in [3.05, 3.63) is 0 Å². The molecule has 1 heterocycles. The van der Waals surface area contributed by atoms with Gasteiger partial charge in [0.15, 0.2) is 0 Å². The first kappa shape index (κ1) is 13.9. The lowest BCUT2D eigenvalue weighted by atomic mass is 9.55. The van der Waals surface area contributed by atoms with Crippen LogP contribution in [0, 0.1) is 28.1 Å². The fraction of sp³-hybridized carbons (Fsp3) is 1.00. The molecular formula is C17H31NO. The summed E-state index contributed by atoms with van der Waals surface area (Å²) in [5, 5.41) is 3.90. The summed E-state index contributed by atoms with van der Waals surface area (Å²) in [5.41, 5.74) is 1.31. The average Bonchev–Trinajstić information content (AvgIpc) is 2.71. The maximum absolute atomic E-state index is 5.99. The first-order chi connectivity index (χ1) is 8.70. The number of ether oxygens (including phenoxy) is 1. The molecule has 3 aliphatic rings. The SMILES string of the molecule is CC1(C)C(NCC2C(C)(C)C2(C)C)C2CCCOC21. The van der Waals surface area contributed by atoms with Gasteiger partial charge in [0, 0.05) is 24.0 Å². The van der Waals surface area contributed by atoms with Crippen LogP contribution in [0.3, 0.4) is 0 Å². The van der Waals surface area contributed by atoms with Gasteiger partial charge in [-0.05, 0) is 36.1 Å². The van der Waals surface area contributed by atoms with E-state index in [4.69, 9.17) is 4.74 Å². The van der Waals surface area contributed by atoms with Crippen LogP contribution in [0.4, 0.5) is 0 Å². The molecule has 0 aromatic heterocycles. The Hall–Kier alpha value is -0.0800. The zero-order chi connectivity index (χ0) is 14.1. The van der Waals surface area contributed by atoms with Gasteiger partial charge in [0.05, 0.1) is 6.10 Å². The molecule has 0 aromatic carbocycles. The molecule has 2 nitrogen and oxygen atoms in total. The minimum absolute atomic E-state index is 0.314. The van der Waals surface area contributed by atoms with Crippen molar-refractivity contribution in [2.75, 3.05) is 13.2 Å². The van der Waals surface area contributed by atoms with E-state index in [0.29, 0.717) is 28.4 Å². The largest absolute Gasteiger partial charge is 0.377 e. The lowest BCUT2D eigenvalue weighted by molar-refractivity contribution is -0.192. The maximum atomic E-state index is 5.99. The molecule has 2 heteroatoms. The zero-order valence-corrected chi connectivity index (χ0v) is 13.5. The molecule has 1 saturated heterocycles. The van der Waals surface area contributed by atoms with Gasteiger partial charge < -0.3 is 10.1 Å². The molecule has 2 aliphatic carbocycles. The molecule has 1 N–H and O–H groups in total. The summed E-state index contributed by atoms with van der Waals surface area (Å²) in [6, 6.07) is 0.657. The molecule has 0 amide bonds. The number of fused-ring (bicyclic) bond motifs is 1. The first-order valence-electron chi connectivity index (χ1n) is 8.05. The zero-order valence-electron chi connectivity index (χ0n) is 13.5. The van der Waals surface area contributed by atoms with E-state index in [2.05, 4.69) is 46.9 Å². The first-order valence-corrected chi connectivity index (χ1v) is 8.05. The second-order valence-electron chi connectivity index (χ2n) is 8.80. The van der Waals surface area contributed by atoms with E-state index in [1.165, 1.54) is 19.4 Å². The summed E-state index contributed by atoms with van der Waals surface area (Å²) in [7, 11) is 0. The predicted octanol–water partition coefficient (Wildman–Crippen LogP) is 3.46. The van der Waals surface area contributed by atoms with Crippen molar-refractivity contribution in [2.24, 2.45) is 28.1 Å². The van der Waals surface area contributed by atoms with E-state index in [-0.39, 0.29) is 0 Å². The normalized spacial score (nSPS) is 42.3. The van der Waals surface area contributed by atoms with Crippen LogP contribution in [0.25, 0.3) is 0 Å². The molecular weight excluding hydrogens is 234 g/mol. The summed E-state index contributed by atoms with van der Waals surface area (Å²) in [4.78, 5) is 0. The van der Waals surface area contributed by atoms with Crippen LogP contribution in [-0.4, -0.2) is 25.3 Å². The number of hydrogen-bond acceptors (Lipinski definition) is 2. The summed E-state index contributed by atoms with van der Waals surface area (Å²) in [5.74, 6) is 1.58. The Morgan fingerprint density at radius 3 is 2.26 bits per heavy atom. The standard InChI is InChI=1S/C17H31NO/c1-15(2)13(11-8-7-9-19-14(11)15)18-10-12-16(3,4)17(12,5)6/h11-14,18H,7-10H2,1-6H3. The molecule has 0 bridgehead atoms. The average molecular weight is 265 g/mol. The molecule has 110 valence electrons. The van der Waals surface area contributed by atoms with Crippen molar-refractivity contribution in [1.82, 2.24) is 5.32 Å². The number of hydrogen-bond donors (Lipinski definition) is 1. The van der Waals surface area contributed by atoms with E-state index in [9.17, 15) is 0 Å². The van der Waals surface area contributed by atoms with Crippen molar-refractivity contribution < 1.29 is 4.74 Å². The molecule has 1 aliphatic heterocycles. The molecule has 19 heavy (non-hydrogen) atoms. The van der Waals surface area contributed by atoms with Gasteiger partial charge in [-0.1, -0.05) is 41.5 Å². The maximum Gasteiger partial charge on any atom is 0.0684 e. The molecule has 0 radical (unpaired) electrons. The van der Waals surface area contributed by atoms with E-state index in [0.717, 1.165) is 18.4 Å². The van der Waals surface area contributed by atoms with Crippen molar-refractivity contribution in [3.8, 4) is 0 Å². The highest BCUT2D eigenvalue weighted by Gasteiger charge is 2.65. The van der Waals surface area contributed by atoms with Crippen LogP contribution in [0.2, 0.25) is 0 Å². The fourth-order valence-corrected chi connectivity index (χ4v) is 5.03. The van der Waals surface area contributed by atoms with Crippen molar-refractivity contribution in [3.63, 3.8) is 0 Å². The van der Waals surface area contributed by atoms with E-state index >= 15 is 0 Å². The Labute approximate surface area is 118 Å². The van der Waals surface area contributed by atoms with Gasteiger partial charge in [-0.2, -0.15) is 0 Å². The topological polar surface area (TPSA) is 21.3 Å². The molecule has 0 spiro atoms. The van der Waals surface area contributed by atoms with Crippen LogP contribution in [0.15, 0.2) is 0 Å². The Morgan fingerprint density at radius 2 is 1.68 bits per heavy atom. The van der Waals surface area contributed by atoms with Gasteiger partial charge in [-0.25, -0.2) is 0 Å². The predicted molar refractivity (Wildman–Crippen MR) is 79.1 cm³/mol. The van der Waals surface area contributed by atoms with Crippen LogP contribution >= 0.6 is 0 Å². The van der Waals surface area contributed by atoms with Crippen LogP contribution in [-0.2, 0) is 4.74 Å². The van der Waals surface area contributed by atoms with Gasteiger partial charge in [-0.3, -0.25) is 0 Å². The third kappa shape index (κ3) is 1.75. The van der Waals surface area contributed by atoms with Crippen molar-refractivity contribution >= 4 is 0 Å². The Balaban J connectivity index is 1.59. The summed E-state index contributed by atoms with van der Waals surface area (Å²) < 4.78 is 5.99. The lowest BCUT2D eigenvalue weighted by Gasteiger charge is -2.60. The third-order valence-corrected chi connectivity index (χ3v) is 7.19. The minimum atomic E-state index is 0.314. The fourth-order valence-electron chi connectivity index (χ4n) is 5.03. The van der Waals surface area contributed by atoms with Gasteiger partial charge in [-0.15, -0.1) is 0 Å². The highest BCUT2D eigenvalue weighted by Crippen LogP contribution is 2.68. The van der Waals surface area contributed by atoms with Crippen LogP contribution in [0.5, 0.6) is 0 Å². The smallest absolute Gasteiger partial charge is 0.0684 e. The van der Waals surface area contributed by atoms with Crippen molar-refractivity contribution in [1.29, 1.82) is 0 Å². The Morgan fingerprint density at radius 1 is 1.05 bits per heavy atom. The molecule has 0 aromatic rings. The van der Waals surface area contributed by atoms with Crippen molar-refractivity contribution in [2.45, 2.75) is 66.5 Å². The summed E-state index contributed by atoms with van der Waals surface area (Å²) in [6.45, 7) is 16.6. The highest BCUT2D eigenvalue weighted by molar-refractivity contribution is 5.15. The quantitative estimate of drug-likeness (QED) is 0.844. The van der Waals surface area contributed by atoms with Crippen LogP contribution < -0.4 is 5.32 Å². The minimum Gasteiger partial charge on any atom is -0.377 e. The lowest BCUT2D eigenvalue weighted by Crippen LogP contribution is -2.69. The molecule has 3 unspecified atom stereocenters. The second kappa shape index (κ2) is 3.98. The van der Waals surface area contributed by atoms with Gasteiger partial charge in [0.2, 0.25) is 0 Å². The molecule has 3 fully saturated rings. The summed E-state index contributed by atoms with van der Waals surface area (Å²) in [6.07, 6.45) is 3.10. The molecule has 3 rings (SSSR count).